The highest BCUT2D eigenvalue weighted by atomic mass is 32.2. The van der Waals surface area contributed by atoms with Crippen molar-refractivity contribution < 1.29 is 23.1 Å². The molecule has 0 saturated heterocycles. The molecule has 2 aliphatic rings. The van der Waals surface area contributed by atoms with Gasteiger partial charge in [-0.05, 0) is 49.4 Å². The van der Waals surface area contributed by atoms with Gasteiger partial charge in [0.05, 0.1) is 28.2 Å². The van der Waals surface area contributed by atoms with Gasteiger partial charge in [-0.1, -0.05) is 6.08 Å². The second-order valence-electron chi connectivity index (χ2n) is 7.96. The van der Waals surface area contributed by atoms with Crippen LogP contribution in [0.25, 0.3) is 16.6 Å². The summed E-state index contributed by atoms with van der Waals surface area (Å²) in [5.74, 6) is 0.707. The van der Waals surface area contributed by atoms with Crippen molar-refractivity contribution in [2.45, 2.75) is 11.3 Å². The molecule has 1 N–H and O–H groups in total. The summed E-state index contributed by atoms with van der Waals surface area (Å²) in [6.07, 6.45) is 6.47. The van der Waals surface area contributed by atoms with Gasteiger partial charge in [0, 0.05) is 38.1 Å². The van der Waals surface area contributed by atoms with Crippen LogP contribution in [0.3, 0.4) is 0 Å². The van der Waals surface area contributed by atoms with Gasteiger partial charge < -0.3 is 19.6 Å². The Bertz CT molecular complexity index is 1320. The Hall–Kier alpha value is -3.37. The van der Waals surface area contributed by atoms with Gasteiger partial charge in [-0.25, -0.2) is 12.4 Å². The van der Waals surface area contributed by atoms with Crippen LogP contribution in [0.1, 0.15) is 12.0 Å². The summed E-state index contributed by atoms with van der Waals surface area (Å²) in [6, 6.07) is 8.63. The molecule has 0 bridgehead atoms. The number of fused-ring (bicyclic) bond motifs is 2. The van der Waals surface area contributed by atoms with E-state index in [0.717, 1.165) is 48.4 Å². The van der Waals surface area contributed by atoms with Gasteiger partial charge in [0.2, 0.25) is 0 Å². The third-order valence-electron chi connectivity index (χ3n) is 5.87. The first-order valence-electron chi connectivity index (χ1n) is 10.5. The van der Waals surface area contributed by atoms with E-state index in [0.29, 0.717) is 17.9 Å². The van der Waals surface area contributed by atoms with E-state index >= 15 is 0 Å². The van der Waals surface area contributed by atoms with Crippen LogP contribution in [-0.4, -0.2) is 74.2 Å². The van der Waals surface area contributed by atoms with E-state index in [4.69, 9.17) is 14.6 Å². The quantitative estimate of drug-likeness (QED) is 0.583. The topological polar surface area (TPSA) is 105 Å². The van der Waals surface area contributed by atoms with Crippen molar-refractivity contribution in [3.63, 3.8) is 0 Å². The van der Waals surface area contributed by atoms with E-state index in [2.05, 4.69) is 23.0 Å². The number of hydrogen-bond acceptors (Lipinski definition) is 7. The molecule has 10 heteroatoms. The molecule has 174 valence electrons. The van der Waals surface area contributed by atoms with Crippen LogP contribution in [0.4, 0.5) is 5.69 Å². The molecule has 0 aliphatic carbocycles. The first-order valence-corrected chi connectivity index (χ1v) is 12.0. The van der Waals surface area contributed by atoms with Gasteiger partial charge in [-0.3, -0.25) is 9.78 Å². The summed E-state index contributed by atoms with van der Waals surface area (Å²) in [4.78, 5) is 17.4. The van der Waals surface area contributed by atoms with Crippen molar-refractivity contribution in [1.29, 1.82) is 0 Å². The SMILES string of the molecule is CN1CC=C(c2cn(S(=O)(=O)c3ccc4c(c3)N(C)CCO4)c3cccnc23)CC1.O=CO. The first kappa shape index (κ1) is 22.8. The molecule has 2 aromatic heterocycles. The van der Waals surface area contributed by atoms with E-state index in [1.165, 1.54) is 3.97 Å². The molecule has 5 rings (SSSR count). The predicted molar refractivity (Wildman–Crippen MR) is 126 cm³/mol. The summed E-state index contributed by atoms with van der Waals surface area (Å²) in [6.45, 7) is 2.85. The fraction of sp³-hybridized carbons (Fsp3) is 0.304. The third kappa shape index (κ3) is 4.31. The molecule has 3 aromatic rings. The van der Waals surface area contributed by atoms with Crippen molar-refractivity contribution in [2.75, 3.05) is 45.2 Å². The molecule has 4 heterocycles. The lowest BCUT2D eigenvalue weighted by Crippen LogP contribution is -2.29. The van der Waals surface area contributed by atoms with E-state index in [1.807, 2.05) is 18.0 Å². The highest BCUT2D eigenvalue weighted by molar-refractivity contribution is 7.90. The number of hydrogen-bond donors (Lipinski definition) is 1. The molecule has 0 unspecified atom stereocenters. The third-order valence-corrected chi connectivity index (χ3v) is 7.54. The molecule has 0 amide bonds. The second-order valence-corrected chi connectivity index (χ2v) is 9.78. The van der Waals surface area contributed by atoms with Crippen LogP contribution in [0, 0.1) is 0 Å². The first-order chi connectivity index (χ1) is 15.9. The molecule has 0 radical (unpaired) electrons. The van der Waals surface area contributed by atoms with Gasteiger partial charge in [0.15, 0.2) is 0 Å². The largest absolute Gasteiger partial charge is 0.490 e. The lowest BCUT2D eigenvalue weighted by molar-refractivity contribution is -0.122. The standard InChI is InChI=1S/C22H24N4O3S.CH2O2/c1-24-10-7-16(8-11-24)18-15-26(19-4-3-9-23-22(18)19)30(27,28)17-5-6-21-20(14-17)25(2)12-13-29-21;2-1-3/h3-7,9,14-15H,8,10-13H2,1-2H3;1H,(H,2,3). The molecule has 0 fully saturated rings. The van der Waals surface area contributed by atoms with Gasteiger partial charge in [0.25, 0.3) is 16.5 Å². The van der Waals surface area contributed by atoms with Crippen molar-refractivity contribution in [1.82, 2.24) is 13.9 Å². The van der Waals surface area contributed by atoms with Gasteiger partial charge in [0.1, 0.15) is 12.4 Å². The summed E-state index contributed by atoms with van der Waals surface area (Å²) in [5.41, 5.74) is 4.13. The molecule has 0 atom stereocenters. The lowest BCUT2D eigenvalue weighted by Gasteiger charge is -2.28. The number of rotatable bonds is 3. The Morgan fingerprint density at radius 3 is 2.70 bits per heavy atom. The number of aromatic nitrogens is 2. The number of benzene rings is 1. The zero-order valence-electron chi connectivity index (χ0n) is 18.5. The average Bonchev–Trinajstić information content (AvgIpc) is 3.21. The van der Waals surface area contributed by atoms with Gasteiger partial charge in [-0.2, -0.15) is 0 Å². The molecule has 33 heavy (non-hydrogen) atoms. The highest BCUT2D eigenvalue weighted by Crippen LogP contribution is 2.35. The Balaban J connectivity index is 0.000000821. The minimum absolute atomic E-state index is 0.239. The van der Waals surface area contributed by atoms with Crippen LogP contribution in [0.15, 0.2) is 53.7 Å². The van der Waals surface area contributed by atoms with Crippen molar-refractivity contribution in [2.24, 2.45) is 0 Å². The minimum atomic E-state index is -3.79. The monoisotopic (exact) mass is 470 g/mol. The van der Waals surface area contributed by atoms with Gasteiger partial charge in [-0.15, -0.1) is 0 Å². The molecular formula is C23H26N4O5S. The van der Waals surface area contributed by atoms with E-state index in [-0.39, 0.29) is 11.4 Å². The Morgan fingerprint density at radius 2 is 1.97 bits per heavy atom. The number of carbonyl (C=O) groups is 1. The fourth-order valence-electron chi connectivity index (χ4n) is 4.08. The maximum absolute atomic E-state index is 13.6. The van der Waals surface area contributed by atoms with Crippen LogP contribution < -0.4 is 9.64 Å². The van der Waals surface area contributed by atoms with Crippen LogP contribution >= 0.6 is 0 Å². The van der Waals surface area contributed by atoms with Crippen LogP contribution in [0.2, 0.25) is 0 Å². The number of nitrogens with zero attached hydrogens (tertiary/aromatic N) is 4. The number of carboxylic acid groups (broad SMARTS) is 1. The Labute approximate surface area is 192 Å². The number of anilines is 1. The molecule has 0 spiro atoms. The fourth-order valence-corrected chi connectivity index (χ4v) is 5.46. The van der Waals surface area contributed by atoms with Crippen molar-refractivity contribution in [3.05, 3.63) is 54.4 Å². The number of likely N-dealkylation sites (N-methyl/N-ethyl adjacent to an activating group) is 2. The molecular weight excluding hydrogens is 444 g/mol. The average molecular weight is 471 g/mol. The normalized spacial score (nSPS) is 16.3. The molecule has 0 saturated carbocycles. The summed E-state index contributed by atoms with van der Waals surface area (Å²) < 4.78 is 34.3. The maximum atomic E-state index is 13.6. The van der Waals surface area contributed by atoms with Gasteiger partial charge >= 0.3 is 0 Å². The van der Waals surface area contributed by atoms with E-state index < -0.39 is 10.0 Å². The minimum Gasteiger partial charge on any atom is -0.490 e. The van der Waals surface area contributed by atoms with Crippen LogP contribution in [-0.2, 0) is 14.8 Å². The Kier molecular flexibility index (Phi) is 6.39. The smallest absolute Gasteiger partial charge is 0.290 e. The summed E-state index contributed by atoms with van der Waals surface area (Å²) in [7, 11) is 0.227. The lowest BCUT2D eigenvalue weighted by atomic mass is 10.0. The van der Waals surface area contributed by atoms with E-state index in [1.54, 1.807) is 36.7 Å². The summed E-state index contributed by atoms with van der Waals surface area (Å²) >= 11 is 0. The zero-order chi connectivity index (χ0) is 23.6. The molecule has 1 aromatic carbocycles. The Morgan fingerprint density at radius 1 is 1.18 bits per heavy atom. The van der Waals surface area contributed by atoms with Crippen molar-refractivity contribution >= 4 is 38.8 Å². The summed E-state index contributed by atoms with van der Waals surface area (Å²) in [5, 5.41) is 6.89. The van der Waals surface area contributed by atoms with Crippen LogP contribution in [0.5, 0.6) is 5.75 Å². The molecule has 9 nitrogen and oxygen atoms in total. The number of ether oxygens (including phenoxy) is 1. The van der Waals surface area contributed by atoms with E-state index in [9.17, 15) is 8.42 Å². The zero-order valence-corrected chi connectivity index (χ0v) is 19.3. The highest BCUT2D eigenvalue weighted by Gasteiger charge is 2.26. The predicted octanol–water partition coefficient (Wildman–Crippen LogP) is 2.52. The number of pyridine rings is 1. The maximum Gasteiger partial charge on any atom is 0.290 e. The second kappa shape index (κ2) is 9.24. The van der Waals surface area contributed by atoms with Crippen molar-refractivity contribution in [3.8, 4) is 5.75 Å². The molecule has 2 aliphatic heterocycles.